The highest BCUT2D eigenvalue weighted by atomic mass is 32.2. The van der Waals surface area contributed by atoms with Crippen molar-refractivity contribution >= 4 is 34.7 Å². The summed E-state index contributed by atoms with van der Waals surface area (Å²) in [5, 5.41) is 9.14. The van der Waals surface area contributed by atoms with Crippen LogP contribution >= 0.6 is 11.8 Å². The fourth-order valence-electron chi connectivity index (χ4n) is 2.67. The maximum Gasteiger partial charge on any atom is 0.332 e. The van der Waals surface area contributed by atoms with Crippen molar-refractivity contribution in [1.82, 2.24) is 18.7 Å². The molecule has 0 aliphatic rings. The number of aromatic nitrogens is 4. The van der Waals surface area contributed by atoms with Crippen molar-refractivity contribution in [3.63, 3.8) is 0 Å². The second kappa shape index (κ2) is 7.23. The third-order valence-electron chi connectivity index (χ3n) is 4.04. The van der Waals surface area contributed by atoms with Crippen LogP contribution < -0.4 is 11.2 Å². The van der Waals surface area contributed by atoms with Gasteiger partial charge < -0.3 is 9.67 Å². The number of aryl methyl sites for hydroxylation is 1. The number of ketones is 1. The summed E-state index contributed by atoms with van der Waals surface area (Å²) in [6.45, 7) is -0.199. The zero-order valence-electron chi connectivity index (χ0n) is 14.6. The van der Waals surface area contributed by atoms with E-state index in [9.17, 15) is 19.2 Å². The van der Waals surface area contributed by atoms with Gasteiger partial charge in [-0.2, -0.15) is 0 Å². The predicted octanol–water partition coefficient (Wildman–Crippen LogP) is 0.493. The Bertz CT molecular complexity index is 1160. The molecular formula is C17H16N4O5S. The molecule has 0 aliphatic heterocycles. The molecule has 27 heavy (non-hydrogen) atoms. The zero-order chi connectivity index (χ0) is 19.7. The smallest absolute Gasteiger partial charge is 0.332 e. The third kappa shape index (κ3) is 3.43. The summed E-state index contributed by atoms with van der Waals surface area (Å²) >= 11 is 0.884. The highest BCUT2D eigenvalue weighted by molar-refractivity contribution is 7.99. The minimum atomic E-state index is -1.06. The van der Waals surface area contributed by atoms with Gasteiger partial charge in [0.2, 0.25) is 0 Å². The van der Waals surface area contributed by atoms with Crippen molar-refractivity contribution in [3.05, 3.63) is 56.7 Å². The highest BCUT2D eigenvalue weighted by Gasteiger charge is 2.22. The Hall–Kier alpha value is -3.14. The van der Waals surface area contributed by atoms with Gasteiger partial charge in [-0.15, -0.1) is 0 Å². The van der Waals surface area contributed by atoms with Gasteiger partial charge in [0.15, 0.2) is 22.1 Å². The Morgan fingerprint density at radius 1 is 1.11 bits per heavy atom. The van der Waals surface area contributed by atoms with E-state index in [-0.39, 0.29) is 34.4 Å². The Kier molecular flexibility index (Phi) is 5.00. The number of hydrogen-bond acceptors (Lipinski definition) is 6. The number of Topliss-reactive ketones (excluding diaryl/α,β-unsaturated/α-hetero) is 1. The van der Waals surface area contributed by atoms with Crippen molar-refractivity contribution in [3.8, 4) is 0 Å². The number of imidazole rings is 1. The number of benzene rings is 1. The summed E-state index contributed by atoms with van der Waals surface area (Å²) in [5.41, 5.74) is -0.506. The Balaban J connectivity index is 2.19. The summed E-state index contributed by atoms with van der Waals surface area (Å²) < 4.78 is 3.50. The molecule has 3 aromatic rings. The first kappa shape index (κ1) is 18.6. The summed E-state index contributed by atoms with van der Waals surface area (Å²) in [5.74, 6) is -1.62. The first-order chi connectivity index (χ1) is 12.8. The van der Waals surface area contributed by atoms with Crippen LogP contribution in [-0.4, -0.2) is 41.3 Å². The van der Waals surface area contributed by atoms with Crippen LogP contribution in [0.2, 0.25) is 0 Å². The van der Waals surface area contributed by atoms with Gasteiger partial charge in [-0.1, -0.05) is 42.1 Å². The highest BCUT2D eigenvalue weighted by Crippen LogP contribution is 2.22. The van der Waals surface area contributed by atoms with Crippen molar-refractivity contribution < 1.29 is 14.7 Å². The summed E-state index contributed by atoms with van der Waals surface area (Å²) in [6.07, 6.45) is 0. The van der Waals surface area contributed by atoms with Gasteiger partial charge >= 0.3 is 11.7 Å². The van der Waals surface area contributed by atoms with Crippen molar-refractivity contribution in [2.75, 3.05) is 5.75 Å². The number of rotatable bonds is 6. The molecule has 0 aliphatic carbocycles. The van der Waals surface area contributed by atoms with Gasteiger partial charge in [-0.3, -0.25) is 23.5 Å². The van der Waals surface area contributed by atoms with Gasteiger partial charge in [0.25, 0.3) is 5.56 Å². The third-order valence-corrected chi connectivity index (χ3v) is 5.00. The van der Waals surface area contributed by atoms with Gasteiger partial charge in [0.1, 0.15) is 0 Å². The van der Waals surface area contributed by atoms with Crippen LogP contribution in [0.3, 0.4) is 0 Å². The normalized spacial score (nSPS) is 11.0. The maximum absolute atomic E-state index is 12.6. The molecular weight excluding hydrogens is 372 g/mol. The van der Waals surface area contributed by atoms with E-state index in [0.717, 1.165) is 16.3 Å². The molecule has 1 aromatic carbocycles. The van der Waals surface area contributed by atoms with Crippen LogP contribution in [0.1, 0.15) is 10.4 Å². The van der Waals surface area contributed by atoms with Crippen LogP contribution in [0.15, 0.2) is 45.1 Å². The minimum absolute atomic E-state index is 0.0803. The van der Waals surface area contributed by atoms with E-state index in [1.54, 1.807) is 30.3 Å². The van der Waals surface area contributed by atoms with Gasteiger partial charge in [0.05, 0.1) is 12.3 Å². The van der Waals surface area contributed by atoms with Crippen molar-refractivity contribution in [1.29, 1.82) is 0 Å². The lowest BCUT2D eigenvalue weighted by Gasteiger charge is -2.08. The molecule has 9 nitrogen and oxygen atoms in total. The number of nitrogens with zero attached hydrogens (tertiary/aromatic N) is 4. The molecule has 0 unspecified atom stereocenters. The number of carboxylic acid groups (broad SMARTS) is 1. The SMILES string of the molecule is Cn1c(=O)c2c(nc(SCC(=O)O)n2CC(=O)c2ccccc2)n(C)c1=O. The van der Waals surface area contributed by atoms with Crippen LogP contribution in [0, 0.1) is 0 Å². The number of carbonyl (C=O) groups is 2. The number of thioether (sulfide) groups is 1. The fourth-order valence-corrected chi connectivity index (χ4v) is 3.38. The average Bonchev–Trinajstić information content (AvgIpc) is 3.02. The van der Waals surface area contributed by atoms with E-state index in [1.165, 1.54) is 23.2 Å². The molecule has 0 bridgehead atoms. The number of hydrogen-bond donors (Lipinski definition) is 1. The van der Waals surface area contributed by atoms with E-state index < -0.39 is 17.2 Å². The van der Waals surface area contributed by atoms with Crippen LogP contribution in [-0.2, 0) is 25.4 Å². The van der Waals surface area contributed by atoms with Crippen LogP contribution in [0.5, 0.6) is 0 Å². The second-order valence-electron chi connectivity index (χ2n) is 5.83. The zero-order valence-corrected chi connectivity index (χ0v) is 15.4. The molecule has 0 atom stereocenters. The Morgan fingerprint density at radius 2 is 1.78 bits per heavy atom. The number of carbonyl (C=O) groups excluding carboxylic acids is 1. The molecule has 2 heterocycles. The number of carboxylic acids is 1. The first-order valence-electron chi connectivity index (χ1n) is 7.90. The molecule has 0 fully saturated rings. The molecule has 0 saturated carbocycles. The van der Waals surface area contributed by atoms with Gasteiger partial charge in [-0.25, -0.2) is 9.78 Å². The largest absolute Gasteiger partial charge is 0.481 e. The lowest BCUT2D eigenvalue weighted by Crippen LogP contribution is -2.37. The van der Waals surface area contributed by atoms with Crippen LogP contribution in [0.25, 0.3) is 11.2 Å². The van der Waals surface area contributed by atoms with E-state index >= 15 is 0 Å². The molecule has 10 heteroatoms. The molecule has 0 saturated heterocycles. The first-order valence-corrected chi connectivity index (χ1v) is 8.89. The summed E-state index contributed by atoms with van der Waals surface area (Å²) in [7, 11) is 2.80. The molecule has 0 spiro atoms. The van der Waals surface area contributed by atoms with Gasteiger partial charge in [-0.05, 0) is 0 Å². The molecule has 3 rings (SSSR count). The van der Waals surface area contributed by atoms with E-state index in [2.05, 4.69) is 4.98 Å². The Morgan fingerprint density at radius 3 is 2.41 bits per heavy atom. The van der Waals surface area contributed by atoms with Crippen molar-refractivity contribution in [2.24, 2.45) is 14.1 Å². The molecule has 140 valence electrons. The van der Waals surface area contributed by atoms with Gasteiger partial charge in [0, 0.05) is 19.7 Å². The maximum atomic E-state index is 12.6. The predicted molar refractivity (Wildman–Crippen MR) is 99.3 cm³/mol. The van der Waals surface area contributed by atoms with E-state index in [4.69, 9.17) is 5.11 Å². The molecule has 1 N–H and O–H groups in total. The summed E-state index contributed by atoms with van der Waals surface area (Å²) in [6, 6.07) is 8.53. The van der Waals surface area contributed by atoms with E-state index in [1.807, 2.05) is 0 Å². The van der Waals surface area contributed by atoms with Crippen molar-refractivity contribution in [2.45, 2.75) is 11.7 Å². The quantitative estimate of drug-likeness (QED) is 0.483. The Labute approximate surface area is 156 Å². The molecule has 2 aromatic heterocycles. The topological polar surface area (TPSA) is 116 Å². The average molecular weight is 388 g/mol. The minimum Gasteiger partial charge on any atom is -0.481 e. The second-order valence-corrected chi connectivity index (χ2v) is 6.77. The fraction of sp³-hybridized carbons (Fsp3) is 0.235. The molecule has 0 radical (unpaired) electrons. The molecule has 0 amide bonds. The number of aliphatic carboxylic acids is 1. The standard InChI is InChI=1S/C17H16N4O5S/c1-19-14-13(15(25)20(2)17(19)26)21(16(18-14)27-9-12(23)24)8-11(22)10-6-4-3-5-7-10/h3-7H,8-9H2,1-2H3,(H,23,24). The van der Waals surface area contributed by atoms with E-state index in [0.29, 0.717) is 5.56 Å². The lowest BCUT2D eigenvalue weighted by atomic mass is 10.1. The van der Waals surface area contributed by atoms with Crippen LogP contribution in [0.4, 0.5) is 0 Å². The number of fused-ring (bicyclic) bond motifs is 1. The summed E-state index contributed by atoms with van der Waals surface area (Å²) in [4.78, 5) is 52.6. The lowest BCUT2D eigenvalue weighted by molar-refractivity contribution is -0.133. The monoisotopic (exact) mass is 388 g/mol.